The van der Waals surface area contributed by atoms with Gasteiger partial charge in [-0.25, -0.2) is 9.97 Å². The maximum atomic E-state index is 4.87. The van der Waals surface area contributed by atoms with E-state index in [0.717, 1.165) is 47.6 Å². The van der Waals surface area contributed by atoms with Gasteiger partial charge in [-0.3, -0.25) is 9.98 Å². The van der Waals surface area contributed by atoms with Gasteiger partial charge in [-0.15, -0.1) is 22.7 Å². The highest BCUT2D eigenvalue weighted by atomic mass is 32.1. The number of pyridine rings is 2. The summed E-state index contributed by atoms with van der Waals surface area (Å²) in [6.07, 6.45) is 7.17. The Morgan fingerprint density at radius 1 is 1.19 bits per heavy atom. The third-order valence-corrected chi connectivity index (χ3v) is 6.32. The van der Waals surface area contributed by atoms with Gasteiger partial charge in [-0.05, 0) is 50.0 Å². The van der Waals surface area contributed by atoms with Crippen LogP contribution in [0.15, 0.2) is 66.4 Å². The summed E-state index contributed by atoms with van der Waals surface area (Å²) in [5.74, 6) is 0. The van der Waals surface area contributed by atoms with E-state index in [-0.39, 0.29) is 0 Å². The molecule has 0 saturated heterocycles. The lowest BCUT2D eigenvalue weighted by Crippen LogP contribution is -1.82. The fourth-order valence-corrected chi connectivity index (χ4v) is 4.79. The zero-order valence-corrected chi connectivity index (χ0v) is 16.3. The molecule has 6 heteroatoms. The molecule has 0 spiro atoms. The summed E-state index contributed by atoms with van der Waals surface area (Å²) in [4.78, 5) is 20.9. The lowest BCUT2D eigenvalue weighted by Gasteiger charge is -1.98. The van der Waals surface area contributed by atoms with Gasteiger partial charge in [0, 0.05) is 23.3 Å². The second kappa shape index (κ2) is 7.34. The van der Waals surface area contributed by atoms with E-state index in [1.807, 2.05) is 37.4 Å². The molecule has 27 heavy (non-hydrogen) atoms. The van der Waals surface area contributed by atoms with Crippen LogP contribution >= 0.6 is 22.7 Å². The van der Waals surface area contributed by atoms with Crippen molar-refractivity contribution in [2.45, 2.75) is 6.92 Å². The quantitative estimate of drug-likeness (QED) is 0.310. The number of fused-ring (bicyclic) bond motifs is 1. The van der Waals surface area contributed by atoms with Crippen molar-refractivity contribution in [1.29, 1.82) is 0 Å². The van der Waals surface area contributed by atoms with Crippen LogP contribution in [0.2, 0.25) is 0 Å². The van der Waals surface area contributed by atoms with Crippen molar-refractivity contribution in [2.24, 2.45) is 4.99 Å². The van der Waals surface area contributed by atoms with E-state index >= 15 is 0 Å². The second-order valence-electron chi connectivity index (χ2n) is 5.82. The molecular weight excluding hydrogens is 372 g/mol. The summed E-state index contributed by atoms with van der Waals surface area (Å²) in [5, 5.41) is 2.04. The molecule has 4 nitrogen and oxygen atoms in total. The fraction of sp³-hybridized carbons (Fsp3) is 0.0476. The molecule has 0 saturated carbocycles. The van der Waals surface area contributed by atoms with E-state index in [1.165, 1.54) is 0 Å². The van der Waals surface area contributed by atoms with E-state index in [1.54, 1.807) is 34.9 Å². The summed E-state index contributed by atoms with van der Waals surface area (Å²) in [5.41, 5.74) is 3.74. The van der Waals surface area contributed by atoms with Crippen LogP contribution < -0.4 is 0 Å². The Hall–Kier alpha value is -2.96. The molecule has 0 unspecified atom stereocenters. The first-order valence-electron chi connectivity index (χ1n) is 8.28. The zero-order valence-electron chi connectivity index (χ0n) is 14.7. The monoisotopic (exact) mass is 388 g/mol. The van der Waals surface area contributed by atoms with Crippen LogP contribution in [0.5, 0.6) is 0 Å². The first-order chi connectivity index (χ1) is 13.2. The summed E-state index contributed by atoms with van der Waals surface area (Å²) in [7, 11) is 0. The Morgan fingerprint density at radius 2 is 2.07 bits per heavy atom. The average molecular weight is 389 g/mol. The highest BCUT2D eigenvalue weighted by Gasteiger charge is 2.14. The number of hydrogen-bond donors (Lipinski definition) is 0. The van der Waals surface area contributed by atoms with Gasteiger partial charge in [0.25, 0.3) is 0 Å². The van der Waals surface area contributed by atoms with Crippen LogP contribution in [0.1, 0.15) is 10.6 Å². The Bertz CT molecular complexity index is 1170. The first kappa shape index (κ1) is 17.5. The maximum absolute atomic E-state index is 4.87. The smallest absolute Gasteiger partial charge is 0.125 e. The predicted octanol–water partition coefficient (Wildman–Crippen LogP) is 6.02. The van der Waals surface area contributed by atoms with Gasteiger partial charge in [-0.2, -0.15) is 0 Å². The van der Waals surface area contributed by atoms with Crippen LogP contribution in [0, 0.1) is 6.92 Å². The molecule has 0 radical (unpaired) electrons. The van der Waals surface area contributed by atoms with Crippen molar-refractivity contribution < 1.29 is 0 Å². The number of aromatic nitrogens is 3. The number of rotatable bonds is 5. The summed E-state index contributed by atoms with van der Waals surface area (Å²) >= 11 is 3.24. The minimum Gasteiger partial charge on any atom is -0.264 e. The van der Waals surface area contributed by atoms with E-state index in [4.69, 9.17) is 9.97 Å². The minimum absolute atomic E-state index is 0.808. The number of hydrogen-bond acceptors (Lipinski definition) is 6. The number of aliphatic imine (C=N–C) groups is 1. The largest absolute Gasteiger partial charge is 0.264 e. The van der Waals surface area contributed by atoms with Crippen molar-refractivity contribution in [3.05, 3.63) is 72.0 Å². The van der Waals surface area contributed by atoms with Crippen LogP contribution in [-0.2, 0) is 0 Å². The van der Waals surface area contributed by atoms with Crippen molar-refractivity contribution in [1.82, 2.24) is 15.0 Å². The Morgan fingerprint density at radius 3 is 2.81 bits per heavy atom. The summed E-state index contributed by atoms with van der Waals surface area (Å²) < 4.78 is 0. The molecule has 0 aliphatic rings. The van der Waals surface area contributed by atoms with Crippen LogP contribution in [-0.4, -0.2) is 21.7 Å². The maximum Gasteiger partial charge on any atom is 0.125 e. The van der Waals surface area contributed by atoms with Crippen molar-refractivity contribution in [2.75, 3.05) is 0 Å². The van der Waals surface area contributed by atoms with Gasteiger partial charge in [-0.1, -0.05) is 12.7 Å². The number of nitrogens with zero attached hydrogens (tertiary/aromatic N) is 4. The van der Waals surface area contributed by atoms with Crippen molar-refractivity contribution >= 4 is 45.3 Å². The highest BCUT2D eigenvalue weighted by Crippen LogP contribution is 2.36. The highest BCUT2D eigenvalue weighted by molar-refractivity contribution is 7.20. The topological polar surface area (TPSA) is 51.0 Å². The SMILES string of the molecule is C=C/C=C(\N=C)c1cc2ccc(-c3sc(-c4cccnc4)nc3C)nc2s1. The normalized spacial score (nSPS) is 11.7. The predicted molar refractivity (Wildman–Crippen MR) is 116 cm³/mol. The van der Waals surface area contributed by atoms with E-state index in [0.29, 0.717) is 0 Å². The molecular formula is C21H16N4S2. The number of thiophene rings is 1. The van der Waals surface area contributed by atoms with Gasteiger partial charge < -0.3 is 0 Å². The lowest BCUT2D eigenvalue weighted by molar-refractivity contribution is 1.25. The lowest BCUT2D eigenvalue weighted by atomic mass is 10.2. The molecule has 0 fully saturated rings. The summed E-state index contributed by atoms with van der Waals surface area (Å²) in [6.45, 7) is 9.39. The van der Waals surface area contributed by atoms with Gasteiger partial charge in [0.1, 0.15) is 9.84 Å². The molecule has 4 aromatic rings. The zero-order chi connectivity index (χ0) is 18.8. The standard InChI is InChI=1S/C21H16N4S2/c1-4-6-16(22-3)18-11-14-8-9-17(25-20(14)26-18)19-13(2)24-21(27-19)15-7-5-10-23-12-15/h4-12H,1,3H2,2H3/b16-6-. The van der Waals surface area contributed by atoms with Crippen molar-refractivity contribution in [3.63, 3.8) is 0 Å². The Kier molecular flexibility index (Phi) is 4.75. The summed E-state index contributed by atoms with van der Waals surface area (Å²) in [6, 6.07) is 10.2. The Balaban J connectivity index is 1.77. The molecule has 4 heterocycles. The molecule has 4 aromatic heterocycles. The number of allylic oxidation sites excluding steroid dienone is 2. The van der Waals surface area contributed by atoms with Gasteiger partial charge >= 0.3 is 0 Å². The number of aryl methyl sites for hydroxylation is 1. The fourth-order valence-electron chi connectivity index (χ4n) is 2.74. The second-order valence-corrected chi connectivity index (χ2v) is 7.85. The van der Waals surface area contributed by atoms with E-state index in [2.05, 4.69) is 35.4 Å². The van der Waals surface area contributed by atoms with E-state index < -0.39 is 0 Å². The first-order valence-corrected chi connectivity index (χ1v) is 9.91. The third-order valence-electron chi connectivity index (χ3n) is 4.02. The molecule has 0 amide bonds. The van der Waals surface area contributed by atoms with Crippen LogP contribution in [0.25, 0.3) is 37.1 Å². The third kappa shape index (κ3) is 3.37. The molecule has 0 N–H and O–H groups in total. The van der Waals surface area contributed by atoms with E-state index in [9.17, 15) is 0 Å². The minimum atomic E-state index is 0.808. The Labute approximate surface area is 165 Å². The molecule has 0 atom stereocenters. The van der Waals surface area contributed by atoms with Gasteiger partial charge in [0.05, 0.1) is 26.8 Å². The van der Waals surface area contributed by atoms with Crippen LogP contribution in [0.4, 0.5) is 0 Å². The molecule has 0 aliphatic carbocycles. The molecule has 0 bridgehead atoms. The van der Waals surface area contributed by atoms with Gasteiger partial charge in [0.2, 0.25) is 0 Å². The van der Waals surface area contributed by atoms with Crippen molar-refractivity contribution in [3.8, 4) is 21.1 Å². The molecule has 4 rings (SSSR count). The average Bonchev–Trinajstić information content (AvgIpc) is 3.29. The van der Waals surface area contributed by atoms with Crippen LogP contribution in [0.3, 0.4) is 0 Å². The van der Waals surface area contributed by atoms with Gasteiger partial charge in [0.15, 0.2) is 0 Å². The molecule has 132 valence electrons. The number of thiazole rings is 1. The molecule has 0 aromatic carbocycles. The molecule has 0 aliphatic heterocycles.